The normalized spacial score (nSPS) is 16.3. The van der Waals surface area contributed by atoms with Gasteiger partial charge in [0.05, 0.1) is 36.6 Å². The number of aliphatic hydroxyl groups is 1. The number of anilines is 1. The van der Waals surface area contributed by atoms with E-state index >= 15 is 4.39 Å². The Kier molecular flexibility index (Phi) is 5.03. The van der Waals surface area contributed by atoms with Gasteiger partial charge < -0.3 is 19.5 Å². The molecule has 146 valence electrons. The summed E-state index contributed by atoms with van der Waals surface area (Å²) >= 11 is 0. The molecular weight excluding hydrogens is 367 g/mol. The highest BCUT2D eigenvalue weighted by atomic mass is 19.2. The molecule has 0 bridgehead atoms. The van der Waals surface area contributed by atoms with Gasteiger partial charge in [0.15, 0.2) is 17.5 Å². The third kappa shape index (κ3) is 3.11. The number of ether oxygens (including phenoxy) is 2. The number of halogens is 3. The van der Waals surface area contributed by atoms with Gasteiger partial charge >= 0.3 is 11.9 Å². The van der Waals surface area contributed by atoms with E-state index in [0.29, 0.717) is 12.8 Å². The van der Waals surface area contributed by atoms with Crippen molar-refractivity contribution in [2.45, 2.75) is 32.7 Å². The lowest BCUT2D eigenvalue weighted by Crippen LogP contribution is -2.37. The molecule has 1 aromatic carbocycles. The summed E-state index contributed by atoms with van der Waals surface area (Å²) in [5, 5.41) is 10.4. The van der Waals surface area contributed by atoms with E-state index in [-0.39, 0.29) is 31.4 Å². The summed E-state index contributed by atoms with van der Waals surface area (Å²) in [4.78, 5) is 25.4. The van der Waals surface area contributed by atoms with E-state index in [9.17, 15) is 23.5 Å². The van der Waals surface area contributed by atoms with Gasteiger partial charge in [0.25, 0.3) is 0 Å². The number of rotatable bonds is 5. The Bertz CT molecular complexity index is 848. The number of esters is 2. The lowest BCUT2D eigenvalue weighted by Gasteiger charge is -2.33. The molecule has 1 aliphatic heterocycles. The van der Waals surface area contributed by atoms with Gasteiger partial charge in [-0.05, 0) is 26.7 Å². The van der Waals surface area contributed by atoms with E-state index in [0.717, 1.165) is 0 Å². The van der Waals surface area contributed by atoms with E-state index in [1.165, 1.54) is 11.8 Å². The quantitative estimate of drug-likeness (QED) is 0.620. The first-order chi connectivity index (χ1) is 12.8. The molecule has 1 N–H and O–H groups in total. The third-order valence-electron chi connectivity index (χ3n) is 4.42. The lowest BCUT2D eigenvalue weighted by molar-refractivity contribution is -0.138. The van der Waals surface area contributed by atoms with Gasteiger partial charge in [0.1, 0.15) is 11.3 Å². The van der Waals surface area contributed by atoms with Crippen molar-refractivity contribution < 1.29 is 37.3 Å². The highest BCUT2D eigenvalue weighted by molar-refractivity contribution is 6.02. The molecule has 9 heteroatoms. The second-order valence-electron chi connectivity index (χ2n) is 6.17. The summed E-state index contributed by atoms with van der Waals surface area (Å²) in [6, 6.07) is -0.233. The number of nitrogens with zero attached hydrogens (tertiary/aromatic N) is 1. The number of carbonyl (C=O) groups excluding carboxylic acids is 2. The Morgan fingerprint density at radius 1 is 1.04 bits per heavy atom. The molecule has 3 rings (SSSR count). The molecule has 0 atom stereocenters. The minimum absolute atomic E-state index is 0.0141. The van der Waals surface area contributed by atoms with Crippen molar-refractivity contribution in [2.75, 3.05) is 24.7 Å². The van der Waals surface area contributed by atoms with Crippen LogP contribution in [-0.2, 0) is 14.3 Å². The first-order valence-corrected chi connectivity index (χ1v) is 8.57. The van der Waals surface area contributed by atoms with Crippen molar-refractivity contribution in [1.29, 1.82) is 0 Å². The fourth-order valence-electron chi connectivity index (χ4n) is 3.07. The molecule has 0 saturated heterocycles. The zero-order chi connectivity index (χ0) is 19.9. The van der Waals surface area contributed by atoms with Gasteiger partial charge in [-0.3, -0.25) is 0 Å². The van der Waals surface area contributed by atoms with Gasteiger partial charge in [-0.1, -0.05) is 0 Å². The van der Waals surface area contributed by atoms with Crippen LogP contribution in [0.3, 0.4) is 0 Å². The van der Waals surface area contributed by atoms with Crippen LogP contribution in [0.2, 0.25) is 0 Å². The molecule has 1 fully saturated rings. The molecule has 1 aliphatic carbocycles. The van der Waals surface area contributed by atoms with Gasteiger partial charge in [-0.25, -0.2) is 22.8 Å². The number of hydrogen-bond donors (Lipinski definition) is 1. The maximum atomic E-state index is 15.0. The second kappa shape index (κ2) is 7.13. The van der Waals surface area contributed by atoms with Crippen LogP contribution in [0.25, 0.3) is 5.76 Å². The Morgan fingerprint density at radius 2 is 1.63 bits per heavy atom. The van der Waals surface area contributed by atoms with Crippen molar-refractivity contribution in [3.05, 3.63) is 34.2 Å². The molecule has 0 unspecified atom stereocenters. The molecule has 0 radical (unpaired) electrons. The maximum absolute atomic E-state index is 15.0. The van der Waals surface area contributed by atoms with Crippen LogP contribution in [-0.4, -0.2) is 42.8 Å². The molecule has 1 saturated carbocycles. The minimum Gasteiger partial charge on any atom is -0.506 e. The van der Waals surface area contributed by atoms with Crippen LogP contribution in [0.15, 0.2) is 5.57 Å². The van der Waals surface area contributed by atoms with E-state index in [2.05, 4.69) is 4.74 Å². The predicted molar refractivity (Wildman–Crippen MR) is 88.8 cm³/mol. The molecule has 0 aromatic heterocycles. The zero-order valence-corrected chi connectivity index (χ0v) is 14.8. The molecule has 27 heavy (non-hydrogen) atoms. The average molecular weight is 385 g/mol. The number of aliphatic hydroxyl groups excluding tert-OH is 1. The van der Waals surface area contributed by atoms with E-state index in [1.807, 2.05) is 0 Å². The van der Waals surface area contributed by atoms with Crippen LogP contribution in [0.1, 0.15) is 42.6 Å². The third-order valence-corrected chi connectivity index (χ3v) is 4.42. The van der Waals surface area contributed by atoms with Crippen LogP contribution in [0.5, 0.6) is 0 Å². The van der Waals surface area contributed by atoms with E-state index in [4.69, 9.17) is 4.74 Å². The smallest absolute Gasteiger partial charge is 0.344 e. The van der Waals surface area contributed by atoms with Gasteiger partial charge in [0.2, 0.25) is 0 Å². The summed E-state index contributed by atoms with van der Waals surface area (Å²) in [6.07, 6.45) is 1.28. The highest BCUT2D eigenvalue weighted by Crippen LogP contribution is 2.45. The Labute approximate surface area is 153 Å². The standard InChI is InChI=1S/C18H18F3NO5/c1-3-26-17(24)9-7-22(8-5-6-8)15-11(16(9)23)12(19)10(13(20)14(15)21)18(25)27-4-2/h8,23H,3-7H2,1-2H3. The topological polar surface area (TPSA) is 76.1 Å². The lowest BCUT2D eigenvalue weighted by atomic mass is 9.96. The predicted octanol–water partition coefficient (Wildman–Crippen LogP) is 3.10. The maximum Gasteiger partial charge on any atom is 0.344 e. The SMILES string of the molecule is CCOC(=O)C1=C(O)c2c(F)c(C(=O)OCC)c(F)c(F)c2N(C2CC2)C1. The Balaban J connectivity index is 2.27. The second-order valence-corrected chi connectivity index (χ2v) is 6.17. The number of carbonyl (C=O) groups is 2. The molecule has 6 nitrogen and oxygen atoms in total. The summed E-state index contributed by atoms with van der Waals surface area (Å²) < 4.78 is 53.7. The van der Waals surface area contributed by atoms with Crippen molar-refractivity contribution >= 4 is 23.4 Å². The molecular formula is C18H18F3NO5. The van der Waals surface area contributed by atoms with Crippen LogP contribution < -0.4 is 4.90 Å². The molecule has 0 amide bonds. The highest BCUT2D eigenvalue weighted by Gasteiger charge is 2.43. The molecule has 1 heterocycles. The summed E-state index contributed by atoms with van der Waals surface area (Å²) in [6.45, 7) is 2.56. The average Bonchev–Trinajstić information content (AvgIpc) is 3.45. The summed E-state index contributed by atoms with van der Waals surface area (Å²) in [7, 11) is 0. The van der Waals surface area contributed by atoms with Crippen molar-refractivity contribution in [3.8, 4) is 0 Å². The van der Waals surface area contributed by atoms with Gasteiger partial charge in [0, 0.05) is 6.04 Å². The number of hydrogen-bond acceptors (Lipinski definition) is 6. The van der Waals surface area contributed by atoms with Crippen LogP contribution >= 0.6 is 0 Å². The van der Waals surface area contributed by atoms with Gasteiger partial charge in [-0.2, -0.15) is 0 Å². The fourth-order valence-corrected chi connectivity index (χ4v) is 3.07. The monoisotopic (exact) mass is 385 g/mol. The van der Waals surface area contributed by atoms with E-state index < -0.39 is 52.0 Å². The number of benzene rings is 1. The van der Waals surface area contributed by atoms with Gasteiger partial charge in [-0.15, -0.1) is 0 Å². The first-order valence-electron chi connectivity index (χ1n) is 8.57. The van der Waals surface area contributed by atoms with Crippen molar-refractivity contribution in [2.24, 2.45) is 0 Å². The number of fused-ring (bicyclic) bond motifs is 1. The molecule has 0 spiro atoms. The Hall–Kier alpha value is -2.71. The Morgan fingerprint density at radius 3 is 2.19 bits per heavy atom. The van der Waals surface area contributed by atoms with Crippen molar-refractivity contribution in [1.82, 2.24) is 0 Å². The first kappa shape index (κ1) is 19.1. The van der Waals surface area contributed by atoms with E-state index in [1.54, 1.807) is 6.92 Å². The molecule has 2 aliphatic rings. The van der Waals surface area contributed by atoms with Crippen LogP contribution in [0.4, 0.5) is 18.9 Å². The summed E-state index contributed by atoms with van der Waals surface area (Å²) in [5.41, 5.74) is -2.78. The van der Waals surface area contributed by atoms with Crippen molar-refractivity contribution in [3.63, 3.8) is 0 Å². The zero-order valence-electron chi connectivity index (χ0n) is 14.8. The summed E-state index contributed by atoms with van der Waals surface area (Å²) in [5.74, 6) is -7.82. The largest absolute Gasteiger partial charge is 0.506 e. The minimum atomic E-state index is -1.69. The molecule has 1 aromatic rings. The fraction of sp³-hybridized carbons (Fsp3) is 0.444. The van der Waals surface area contributed by atoms with Crippen LogP contribution in [0, 0.1) is 17.5 Å².